The number of aromatic nitrogens is 2. The molecule has 5 rings (SSSR count). The van der Waals surface area contributed by atoms with Crippen LogP contribution in [-0.4, -0.2) is 28.9 Å². The van der Waals surface area contributed by atoms with Gasteiger partial charge in [0.05, 0.1) is 34.5 Å². The number of nitrogens with zero attached hydrogens (tertiary/aromatic N) is 2. The topological polar surface area (TPSA) is 59.1 Å². The Morgan fingerprint density at radius 3 is 2.91 bits per heavy atom. The Kier molecular flexibility index (Phi) is 6.06. The number of alkyl halides is 3. The summed E-state index contributed by atoms with van der Waals surface area (Å²) in [4.78, 5) is 10.5. The van der Waals surface area contributed by atoms with Crippen LogP contribution in [0.4, 0.5) is 24.8 Å². The number of ether oxygens (including phenoxy) is 1. The van der Waals surface area contributed by atoms with E-state index in [4.69, 9.17) is 16.3 Å². The lowest BCUT2D eigenvalue weighted by Crippen LogP contribution is -2.23. The van der Waals surface area contributed by atoms with Gasteiger partial charge in [-0.05, 0) is 42.3 Å². The summed E-state index contributed by atoms with van der Waals surface area (Å²) >= 11 is 9.27. The lowest BCUT2D eigenvalue weighted by molar-refractivity contribution is -0.137. The van der Waals surface area contributed by atoms with Crippen LogP contribution in [0, 0.1) is 0 Å². The Bertz CT molecular complexity index is 1150. The number of anilines is 2. The summed E-state index contributed by atoms with van der Waals surface area (Å²) in [6, 6.07) is 5.55. The van der Waals surface area contributed by atoms with Crippen molar-refractivity contribution in [2.45, 2.75) is 30.6 Å². The van der Waals surface area contributed by atoms with E-state index in [1.54, 1.807) is 17.8 Å². The van der Waals surface area contributed by atoms with Crippen molar-refractivity contribution < 1.29 is 17.9 Å². The molecule has 4 heterocycles. The van der Waals surface area contributed by atoms with Crippen molar-refractivity contribution in [3.8, 4) is 10.6 Å². The molecule has 1 aromatic carbocycles. The molecule has 32 heavy (non-hydrogen) atoms. The summed E-state index contributed by atoms with van der Waals surface area (Å²) in [5.41, 5.74) is 1.81. The minimum Gasteiger partial charge on any atom is -0.375 e. The maximum Gasteiger partial charge on any atom is 0.420 e. The second-order valence-corrected chi connectivity index (χ2v) is 10.1. The second kappa shape index (κ2) is 8.83. The standard InChI is InChI=1S/C21H18ClF3N4OS2/c22-14-5-12-8-26-2-1-11(12)6-15(14)28-20-27-9-13(21(23,24)25)19(29-20)17-7-16-18(32-17)10-30-3-4-31-16/h5-7,9,26H,1-4,8,10H2,(H,27,28,29). The summed E-state index contributed by atoms with van der Waals surface area (Å²) in [7, 11) is 0. The van der Waals surface area contributed by atoms with Crippen LogP contribution in [0.2, 0.25) is 5.02 Å². The average Bonchev–Trinajstić information content (AvgIpc) is 3.04. The van der Waals surface area contributed by atoms with Crippen LogP contribution in [0.15, 0.2) is 29.3 Å². The van der Waals surface area contributed by atoms with E-state index in [1.165, 1.54) is 11.3 Å². The van der Waals surface area contributed by atoms with Gasteiger partial charge in [-0.25, -0.2) is 9.97 Å². The van der Waals surface area contributed by atoms with Crippen LogP contribution in [0.25, 0.3) is 10.6 Å². The predicted octanol–water partition coefficient (Wildman–Crippen LogP) is 5.89. The van der Waals surface area contributed by atoms with Crippen molar-refractivity contribution in [2.75, 3.05) is 24.2 Å². The summed E-state index contributed by atoms with van der Waals surface area (Å²) in [5.74, 6) is 0.828. The highest BCUT2D eigenvalue weighted by molar-refractivity contribution is 7.99. The first-order chi connectivity index (χ1) is 15.4. The van der Waals surface area contributed by atoms with E-state index in [0.717, 1.165) is 52.4 Å². The van der Waals surface area contributed by atoms with Crippen molar-refractivity contribution in [3.63, 3.8) is 0 Å². The third-order valence-corrected chi connectivity index (χ3v) is 7.84. The minimum atomic E-state index is -4.57. The van der Waals surface area contributed by atoms with Gasteiger partial charge >= 0.3 is 6.18 Å². The molecule has 0 unspecified atom stereocenters. The van der Waals surface area contributed by atoms with Gasteiger partial charge in [0.25, 0.3) is 0 Å². The van der Waals surface area contributed by atoms with Crippen LogP contribution >= 0.6 is 34.7 Å². The minimum absolute atomic E-state index is 0.0660. The van der Waals surface area contributed by atoms with Gasteiger partial charge in [-0.2, -0.15) is 13.2 Å². The largest absolute Gasteiger partial charge is 0.420 e. The highest BCUT2D eigenvalue weighted by atomic mass is 35.5. The smallest absolute Gasteiger partial charge is 0.375 e. The molecule has 0 fully saturated rings. The normalized spacial score (nSPS) is 16.2. The van der Waals surface area contributed by atoms with Crippen molar-refractivity contribution in [3.05, 3.63) is 51.0 Å². The third-order valence-electron chi connectivity index (χ3n) is 5.24. The summed E-state index contributed by atoms with van der Waals surface area (Å²) in [5, 5.41) is 6.77. The molecule has 0 bridgehead atoms. The molecular formula is C21H18ClF3N4OS2. The van der Waals surface area contributed by atoms with Crippen LogP contribution in [0.1, 0.15) is 21.6 Å². The van der Waals surface area contributed by atoms with Crippen molar-refractivity contribution in [1.82, 2.24) is 15.3 Å². The van der Waals surface area contributed by atoms with E-state index in [0.29, 0.717) is 28.8 Å². The second-order valence-electron chi connectivity index (χ2n) is 7.41. The van der Waals surface area contributed by atoms with Crippen molar-refractivity contribution in [1.29, 1.82) is 0 Å². The van der Waals surface area contributed by atoms with Crippen molar-refractivity contribution in [2.24, 2.45) is 0 Å². The molecule has 5 nitrogen and oxygen atoms in total. The number of benzene rings is 1. The molecule has 0 radical (unpaired) electrons. The lowest BCUT2D eigenvalue weighted by atomic mass is 10.0. The molecular weight excluding hydrogens is 481 g/mol. The molecule has 11 heteroatoms. The van der Waals surface area contributed by atoms with Gasteiger partial charge in [0.15, 0.2) is 0 Å². The third kappa shape index (κ3) is 4.47. The van der Waals surface area contributed by atoms with E-state index >= 15 is 0 Å². The highest BCUT2D eigenvalue weighted by Crippen LogP contribution is 2.43. The van der Waals surface area contributed by atoms with Crippen LogP contribution < -0.4 is 10.6 Å². The van der Waals surface area contributed by atoms with Gasteiger partial charge < -0.3 is 15.4 Å². The molecule has 168 valence electrons. The monoisotopic (exact) mass is 498 g/mol. The van der Waals surface area contributed by atoms with E-state index in [-0.39, 0.29) is 11.6 Å². The Hall–Kier alpha value is -1.85. The molecule has 0 saturated heterocycles. The number of nitrogens with one attached hydrogen (secondary N) is 2. The van der Waals surface area contributed by atoms with Gasteiger partial charge in [0.2, 0.25) is 5.95 Å². The number of halogens is 4. The van der Waals surface area contributed by atoms with Gasteiger partial charge in [-0.1, -0.05) is 11.6 Å². The molecule has 2 N–H and O–H groups in total. The first-order valence-electron chi connectivity index (χ1n) is 9.95. The number of rotatable bonds is 3. The number of thioether (sulfide) groups is 1. The fourth-order valence-electron chi connectivity index (χ4n) is 3.68. The molecule has 0 spiro atoms. The van der Waals surface area contributed by atoms with Gasteiger partial charge in [-0.15, -0.1) is 23.1 Å². The first-order valence-corrected chi connectivity index (χ1v) is 12.1. The number of fused-ring (bicyclic) bond motifs is 2. The van der Waals surface area contributed by atoms with Gasteiger partial charge in [0, 0.05) is 28.3 Å². The summed E-state index contributed by atoms with van der Waals surface area (Å²) < 4.78 is 46.8. The quantitative estimate of drug-likeness (QED) is 0.469. The molecule has 0 aliphatic carbocycles. The van der Waals surface area contributed by atoms with E-state index < -0.39 is 11.7 Å². The molecule has 0 atom stereocenters. The van der Waals surface area contributed by atoms with Crippen molar-refractivity contribution >= 4 is 46.3 Å². The maximum atomic E-state index is 13.7. The highest BCUT2D eigenvalue weighted by Gasteiger charge is 2.36. The van der Waals surface area contributed by atoms with E-state index in [2.05, 4.69) is 20.6 Å². The number of thiophene rings is 1. The van der Waals surface area contributed by atoms with E-state index in [9.17, 15) is 13.2 Å². The van der Waals surface area contributed by atoms with Gasteiger partial charge in [0.1, 0.15) is 5.56 Å². The van der Waals surface area contributed by atoms with Crippen LogP contribution in [0.3, 0.4) is 0 Å². The number of hydrogen-bond acceptors (Lipinski definition) is 7. The average molecular weight is 499 g/mol. The molecule has 3 aromatic rings. The SMILES string of the molecule is FC(F)(F)c1cnc(Nc2cc3c(cc2Cl)CNCC3)nc1-c1cc2c(s1)COCCS2. The Morgan fingerprint density at radius 1 is 1.19 bits per heavy atom. The molecule has 0 amide bonds. The molecule has 2 aromatic heterocycles. The summed E-state index contributed by atoms with van der Waals surface area (Å²) in [6.07, 6.45) is -2.90. The Morgan fingerprint density at radius 2 is 2.06 bits per heavy atom. The van der Waals surface area contributed by atoms with Gasteiger partial charge in [-0.3, -0.25) is 0 Å². The zero-order valence-corrected chi connectivity index (χ0v) is 19.1. The molecule has 2 aliphatic heterocycles. The molecule has 2 aliphatic rings. The fraction of sp³-hybridized carbons (Fsp3) is 0.333. The first kappa shape index (κ1) is 22.0. The maximum absolute atomic E-state index is 13.7. The summed E-state index contributed by atoms with van der Waals surface area (Å²) in [6.45, 7) is 2.61. The Labute approximate surface area is 195 Å². The zero-order valence-electron chi connectivity index (χ0n) is 16.7. The van der Waals surface area contributed by atoms with E-state index in [1.807, 2.05) is 12.1 Å². The van der Waals surface area contributed by atoms with Crippen LogP contribution in [0.5, 0.6) is 0 Å². The number of hydrogen-bond donors (Lipinski definition) is 2. The van der Waals surface area contributed by atoms with Crippen LogP contribution in [-0.2, 0) is 30.5 Å². The zero-order chi connectivity index (χ0) is 22.3. The molecule has 0 saturated carbocycles. The predicted molar refractivity (Wildman–Crippen MR) is 121 cm³/mol. The Balaban J connectivity index is 1.53. The lowest BCUT2D eigenvalue weighted by Gasteiger charge is -2.19. The fourth-order valence-corrected chi connectivity index (χ4v) is 6.13.